The molecule has 6 heteroatoms. The van der Waals surface area contributed by atoms with Crippen LogP contribution in [0.1, 0.15) is 39.5 Å². The standard InChI is InChI=1S/C13H22O5S/c1-10(2)13(14)17-8-9-18-19(15,16)12-6-4-11(3)5-7-12/h11-12H,1,4-9H2,2-3H3. The van der Waals surface area contributed by atoms with Gasteiger partial charge in [-0.2, -0.15) is 8.42 Å². The van der Waals surface area contributed by atoms with Crippen molar-refractivity contribution in [3.63, 3.8) is 0 Å². The van der Waals surface area contributed by atoms with Gasteiger partial charge in [0.25, 0.3) is 10.1 Å². The molecule has 0 radical (unpaired) electrons. The second kappa shape index (κ2) is 7.05. The van der Waals surface area contributed by atoms with E-state index in [2.05, 4.69) is 13.5 Å². The van der Waals surface area contributed by atoms with Crippen LogP contribution in [-0.4, -0.2) is 32.9 Å². The van der Waals surface area contributed by atoms with Crippen LogP contribution in [0.25, 0.3) is 0 Å². The Kier molecular flexibility index (Phi) is 6.00. The highest BCUT2D eigenvalue weighted by atomic mass is 32.2. The summed E-state index contributed by atoms with van der Waals surface area (Å²) in [6, 6.07) is 0. The molecule has 1 saturated carbocycles. The molecule has 0 aromatic rings. The van der Waals surface area contributed by atoms with Gasteiger partial charge in [0.2, 0.25) is 0 Å². The second-order valence-electron chi connectivity index (χ2n) is 5.11. The lowest BCUT2D eigenvalue weighted by Gasteiger charge is -2.25. The van der Waals surface area contributed by atoms with Crippen LogP contribution in [0.15, 0.2) is 12.2 Å². The van der Waals surface area contributed by atoms with Gasteiger partial charge in [-0.25, -0.2) is 4.79 Å². The van der Waals surface area contributed by atoms with E-state index in [0.29, 0.717) is 18.8 Å². The maximum absolute atomic E-state index is 11.9. The molecule has 0 spiro atoms. The van der Waals surface area contributed by atoms with E-state index in [1.807, 2.05) is 0 Å². The number of esters is 1. The predicted molar refractivity (Wildman–Crippen MR) is 72.1 cm³/mol. The maximum atomic E-state index is 11.9. The number of hydrogen-bond donors (Lipinski definition) is 0. The van der Waals surface area contributed by atoms with Crippen LogP contribution in [0.2, 0.25) is 0 Å². The monoisotopic (exact) mass is 290 g/mol. The van der Waals surface area contributed by atoms with E-state index in [1.165, 1.54) is 6.92 Å². The summed E-state index contributed by atoms with van der Waals surface area (Å²) in [5.41, 5.74) is 0.282. The van der Waals surface area contributed by atoms with Crippen LogP contribution in [0.5, 0.6) is 0 Å². The molecule has 0 amide bonds. The molecule has 1 aliphatic rings. The van der Waals surface area contributed by atoms with Crippen molar-refractivity contribution in [3.8, 4) is 0 Å². The molecule has 110 valence electrons. The summed E-state index contributed by atoms with van der Waals surface area (Å²) in [6.45, 7) is 6.88. The van der Waals surface area contributed by atoms with Crippen molar-refractivity contribution in [1.82, 2.24) is 0 Å². The van der Waals surface area contributed by atoms with Gasteiger partial charge in [-0.05, 0) is 38.5 Å². The van der Waals surface area contributed by atoms with Crippen molar-refractivity contribution < 1.29 is 22.1 Å². The zero-order valence-electron chi connectivity index (χ0n) is 11.6. The highest BCUT2D eigenvalue weighted by molar-refractivity contribution is 7.87. The summed E-state index contributed by atoms with van der Waals surface area (Å²) in [5, 5.41) is -0.416. The molecule has 1 rings (SSSR count). The normalized spacial score (nSPS) is 23.9. The van der Waals surface area contributed by atoms with E-state index in [1.54, 1.807) is 0 Å². The van der Waals surface area contributed by atoms with Gasteiger partial charge in [0.1, 0.15) is 13.2 Å². The van der Waals surface area contributed by atoms with Crippen molar-refractivity contribution in [2.24, 2.45) is 5.92 Å². The lowest BCUT2D eigenvalue weighted by Crippen LogP contribution is -2.29. The fraction of sp³-hybridized carbons (Fsp3) is 0.769. The molecule has 19 heavy (non-hydrogen) atoms. The summed E-state index contributed by atoms with van der Waals surface area (Å²) in [4.78, 5) is 11.1. The average Bonchev–Trinajstić information content (AvgIpc) is 2.34. The fourth-order valence-electron chi connectivity index (χ4n) is 2.02. The molecule has 0 bridgehead atoms. The molecule has 0 N–H and O–H groups in total. The molecule has 0 heterocycles. The number of ether oxygens (including phenoxy) is 1. The first-order chi connectivity index (χ1) is 8.83. The highest BCUT2D eigenvalue weighted by Gasteiger charge is 2.30. The largest absolute Gasteiger partial charge is 0.460 e. The minimum absolute atomic E-state index is 0.0754. The van der Waals surface area contributed by atoms with Crippen LogP contribution >= 0.6 is 0 Å². The first kappa shape index (κ1) is 16.2. The van der Waals surface area contributed by atoms with Gasteiger partial charge < -0.3 is 4.74 Å². The van der Waals surface area contributed by atoms with E-state index in [-0.39, 0.29) is 18.8 Å². The molecule has 0 unspecified atom stereocenters. The summed E-state index contributed by atoms with van der Waals surface area (Å²) in [5.74, 6) is 0.0514. The zero-order valence-corrected chi connectivity index (χ0v) is 12.4. The molecule has 1 fully saturated rings. The molecule has 0 saturated heterocycles. The zero-order chi connectivity index (χ0) is 14.5. The highest BCUT2D eigenvalue weighted by Crippen LogP contribution is 2.28. The molecule has 0 atom stereocenters. The van der Waals surface area contributed by atoms with E-state index in [0.717, 1.165) is 12.8 Å². The molecule has 1 aliphatic carbocycles. The van der Waals surface area contributed by atoms with Gasteiger partial charge >= 0.3 is 5.97 Å². The average molecular weight is 290 g/mol. The number of carbonyl (C=O) groups excluding carboxylic acids is 1. The van der Waals surface area contributed by atoms with Crippen molar-refractivity contribution in [2.45, 2.75) is 44.8 Å². The van der Waals surface area contributed by atoms with E-state index >= 15 is 0 Å². The summed E-state index contributed by atoms with van der Waals surface area (Å²) >= 11 is 0. The topological polar surface area (TPSA) is 69.7 Å². The minimum Gasteiger partial charge on any atom is -0.460 e. The van der Waals surface area contributed by atoms with Crippen molar-refractivity contribution in [1.29, 1.82) is 0 Å². The van der Waals surface area contributed by atoms with Crippen molar-refractivity contribution in [3.05, 3.63) is 12.2 Å². The van der Waals surface area contributed by atoms with E-state index in [9.17, 15) is 13.2 Å². The van der Waals surface area contributed by atoms with Crippen molar-refractivity contribution >= 4 is 16.1 Å². The summed E-state index contributed by atoms with van der Waals surface area (Å²) in [6.07, 6.45) is 3.12. The minimum atomic E-state index is -3.54. The molecule has 0 aromatic heterocycles. The van der Waals surface area contributed by atoms with Crippen LogP contribution in [0.4, 0.5) is 0 Å². The lowest BCUT2D eigenvalue weighted by atomic mass is 9.91. The first-order valence-electron chi connectivity index (χ1n) is 6.54. The molecule has 5 nitrogen and oxygen atoms in total. The van der Waals surface area contributed by atoms with Gasteiger partial charge in [0.15, 0.2) is 0 Å². The third kappa shape index (κ3) is 5.32. The van der Waals surface area contributed by atoms with Gasteiger partial charge in [0, 0.05) is 5.57 Å². The Hall–Kier alpha value is -0.880. The molecular formula is C13H22O5S. The third-order valence-corrected chi connectivity index (χ3v) is 5.07. The van der Waals surface area contributed by atoms with Gasteiger partial charge in [-0.15, -0.1) is 0 Å². The van der Waals surface area contributed by atoms with Gasteiger partial charge in [0.05, 0.1) is 5.25 Å². The predicted octanol–water partition coefficient (Wildman–Crippen LogP) is 2.03. The number of rotatable bonds is 6. The SMILES string of the molecule is C=C(C)C(=O)OCCOS(=O)(=O)C1CCC(C)CC1. The molecule has 0 aliphatic heterocycles. The lowest BCUT2D eigenvalue weighted by molar-refractivity contribution is -0.139. The Labute approximate surface area is 115 Å². The molecule has 0 aromatic carbocycles. The Morgan fingerprint density at radius 1 is 1.21 bits per heavy atom. The Bertz CT molecular complexity index is 418. The second-order valence-corrected chi connectivity index (χ2v) is 7.00. The Morgan fingerprint density at radius 2 is 1.79 bits per heavy atom. The summed E-state index contributed by atoms with van der Waals surface area (Å²) in [7, 11) is -3.54. The first-order valence-corrected chi connectivity index (χ1v) is 8.01. The Morgan fingerprint density at radius 3 is 2.32 bits per heavy atom. The third-order valence-electron chi connectivity index (χ3n) is 3.28. The van der Waals surface area contributed by atoms with Crippen LogP contribution in [0, 0.1) is 5.92 Å². The van der Waals surface area contributed by atoms with Crippen LogP contribution in [0.3, 0.4) is 0 Å². The number of carbonyl (C=O) groups is 1. The van der Waals surface area contributed by atoms with Gasteiger partial charge in [-0.1, -0.05) is 13.5 Å². The maximum Gasteiger partial charge on any atom is 0.333 e. The fourth-order valence-corrected chi connectivity index (χ4v) is 3.36. The quantitative estimate of drug-likeness (QED) is 0.324. The Balaban J connectivity index is 2.31. The van der Waals surface area contributed by atoms with E-state index in [4.69, 9.17) is 8.92 Å². The summed E-state index contributed by atoms with van der Waals surface area (Å²) < 4.78 is 33.5. The smallest absolute Gasteiger partial charge is 0.333 e. The van der Waals surface area contributed by atoms with E-state index < -0.39 is 21.3 Å². The molecular weight excluding hydrogens is 268 g/mol. The van der Waals surface area contributed by atoms with Crippen LogP contribution in [-0.2, 0) is 23.8 Å². The van der Waals surface area contributed by atoms with Gasteiger partial charge in [-0.3, -0.25) is 4.18 Å². The van der Waals surface area contributed by atoms with Crippen LogP contribution < -0.4 is 0 Å². The number of hydrogen-bond acceptors (Lipinski definition) is 5. The van der Waals surface area contributed by atoms with Crippen molar-refractivity contribution in [2.75, 3.05) is 13.2 Å².